The fraction of sp³-hybridized carbons (Fsp3) is 0.952. The first-order chi connectivity index (χ1) is 10.9. The van der Waals surface area contributed by atoms with Crippen LogP contribution in [-0.4, -0.2) is 17.0 Å². The van der Waals surface area contributed by atoms with Gasteiger partial charge in [-0.25, -0.2) is 0 Å². The van der Waals surface area contributed by atoms with Crippen molar-refractivity contribution in [3.8, 4) is 0 Å². The van der Waals surface area contributed by atoms with Crippen LogP contribution in [0.4, 0.5) is 0 Å². The zero-order valence-electron chi connectivity index (χ0n) is 15.2. The lowest BCUT2D eigenvalue weighted by Crippen LogP contribution is -2.57. The maximum atomic E-state index is 12.2. The molecule has 0 saturated heterocycles. The fourth-order valence-electron chi connectivity index (χ4n) is 8.02. The van der Waals surface area contributed by atoms with E-state index in [9.17, 15) is 9.90 Å². The Morgan fingerprint density at radius 2 is 1.65 bits per heavy atom. The lowest BCUT2D eigenvalue weighted by molar-refractivity contribution is -0.159. The maximum absolute atomic E-state index is 12.2. The molecule has 1 N–H and O–H groups in total. The number of hydrogen-bond donors (Lipinski definition) is 1. The summed E-state index contributed by atoms with van der Waals surface area (Å²) in [5, 5.41) is 10.9. The van der Waals surface area contributed by atoms with Crippen molar-refractivity contribution < 1.29 is 9.90 Å². The molecule has 2 nitrogen and oxygen atoms in total. The van der Waals surface area contributed by atoms with E-state index in [0.29, 0.717) is 29.0 Å². The summed E-state index contributed by atoms with van der Waals surface area (Å²) >= 11 is 0. The van der Waals surface area contributed by atoms with Gasteiger partial charge in [0, 0.05) is 5.92 Å². The Morgan fingerprint density at radius 3 is 2.39 bits per heavy atom. The van der Waals surface area contributed by atoms with Crippen molar-refractivity contribution in [1.29, 1.82) is 0 Å². The Hall–Kier alpha value is -0.370. The van der Waals surface area contributed by atoms with Gasteiger partial charge in [-0.1, -0.05) is 26.7 Å². The molecule has 23 heavy (non-hydrogen) atoms. The van der Waals surface area contributed by atoms with Gasteiger partial charge < -0.3 is 5.11 Å². The van der Waals surface area contributed by atoms with Gasteiger partial charge in [-0.15, -0.1) is 0 Å². The number of rotatable bonds is 1. The van der Waals surface area contributed by atoms with Crippen LogP contribution in [-0.2, 0) is 4.79 Å². The van der Waals surface area contributed by atoms with Crippen molar-refractivity contribution in [2.45, 2.75) is 84.7 Å². The third kappa shape index (κ3) is 2.12. The molecule has 0 aliphatic heterocycles. The predicted octanol–water partition coefficient (Wildman–Crippen LogP) is 4.60. The van der Waals surface area contributed by atoms with Gasteiger partial charge in [0.2, 0.25) is 0 Å². The van der Waals surface area contributed by atoms with Crippen LogP contribution in [0, 0.1) is 40.4 Å². The van der Waals surface area contributed by atoms with Crippen LogP contribution in [0.5, 0.6) is 0 Å². The lowest BCUT2D eigenvalue weighted by Gasteiger charge is -2.61. The number of aliphatic hydroxyl groups excluding tert-OH is 1. The molecule has 0 aromatic carbocycles. The molecule has 0 amide bonds. The average molecular weight is 319 g/mol. The Balaban J connectivity index is 1.67. The van der Waals surface area contributed by atoms with E-state index in [0.717, 1.165) is 18.8 Å². The second kappa shape index (κ2) is 5.31. The predicted molar refractivity (Wildman–Crippen MR) is 91.9 cm³/mol. The molecule has 4 aliphatic rings. The van der Waals surface area contributed by atoms with E-state index in [1.165, 1.54) is 44.9 Å². The minimum atomic E-state index is -0.0970. The molecule has 0 spiro atoms. The molecule has 130 valence electrons. The summed E-state index contributed by atoms with van der Waals surface area (Å²) in [7, 11) is 0. The Morgan fingerprint density at radius 1 is 0.913 bits per heavy atom. The minimum absolute atomic E-state index is 0.0970. The van der Waals surface area contributed by atoms with E-state index in [1.807, 2.05) is 0 Å². The van der Waals surface area contributed by atoms with Gasteiger partial charge in [-0.05, 0) is 86.4 Å². The number of fused-ring (bicyclic) bond motifs is 5. The monoisotopic (exact) mass is 318 g/mol. The number of ketones is 1. The van der Waals surface area contributed by atoms with E-state index in [-0.39, 0.29) is 17.4 Å². The summed E-state index contributed by atoms with van der Waals surface area (Å²) in [6.07, 6.45) is 11.0. The van der Waals surface area contributed by atoms with Crippen LogP contribution < -0.4 is 0 Å². The number of aliphatic hydroxyl groups is 1. The Bertz CT molecular complexity index is 500. The smallest absolute Gasteiger partial charge is 0.133 e. The largest absolute Gasteiger partial charge is 0.393 e. The molecule has 0 aromatic rings. The minimum Gasteiger partial charge on any atom is -0.393 e. The highest BCUT2D eigenvalue weighted by Crippen LogP contribution is 2.67. The number of carbonyl (C=O) groups excluding carboxylic acids is 1. The number of Topliss-reactive ketones (excluding diaryl/α,β-unsaturated/α-hetero) is 1. The van der Waals surface area contributed by atoms with Crippen LogP contribution in [0.2, 0.25) is 0 Å². The third-order valence-corrected chi connectivity index (χ3v) is 9.08. The van der Waals surface area contributed by atoms with E-state index in [2.05, 4.69) is 13.8 Å². The molecule has 4 saturated carbocycles. The Labute approximate surface area is 141 Å². The SMILES string of the molecule is CC(=O)[C@@H]1CC[C@@H]2[C@H]3C[C@@H](O)[C@H]4CCCC[C@]4(C)[C@@H]3CC[C@@]21C. The molecular formula is C21H34O2. The highest BCUT2D eigenvalue weighted by molar-refractivity contribution is 5.79. The van der Waals surface area contributed by atoms with E-state index in [1.54, 1.807) is 6.92 Å². The van der Waals surface area contributed by atoms with Gasteiger partial charge in [0.15, 0.2) is 0 Å². The summed E-state index contributed by atoms with van der Waals surface area (Å²) in [6, 6.07) is 0. The van der Waals surface area contributed by atoms with Crippen molar-refractivity contribution in [1.82, 2.24) is 0 Å². The fourth-order valence-corrected chi connectivity index (χ4v) is 8.02. The number of carbonyl (C=O) groups is 1. The zero-order valence-corrected chi connectivity index (χ0v) is 15.2. The molecule has 2 heteroatoms. The normalized spacial score (nSPS) is 55.7. The van der Waals surface area contributed by atoms with E-state index in [4.69, 9.17) is 0 Å². The summed E-state index contributed by atoms with van der Waals surface area (Å²) in [5.74, 6) is 3.35. The molecule has 0 bridgehead atoms. The van der Waals surface area contributed by atoms with Crippen LogP contribution in [0.25, 0.3) is 0 Å². The third-order valence-electron chi connectivity index (χ3n) is 9.08. The van der Waals surface area contributed by atoms with E-state index >= 15 is 0 Å². The second-order valence-electron chi connectivity index (χ2n) is 9.82. The van der Waals surface area contributed by atoms with E-state index < -0.39 is 0 Å². The first-order valence-electron chi connectivity index (χ1n) is 10.1. The highest BCUT2D eigenvalue weighted by atomic mass is 16.3. The molecule has 4 aliphatic carbocycles. The van der Waals surface area contributed by atoms with Crippen LogP contribution in [0.15, 0.2) is 0 Å². The van der Waals surface area contributed by atoms with Crippen molar-refractivity contribution in [2.24, 2.45) is 40.4 Å². The van der Waals surface area contributed by atoms with Gasteiger partial charge >= 0.3 is 0 Å². The highest BCUT2D eigenvalue weighted by Gasteiger charge is 2.61. The Kier molecular flexibility index (Phi) is 3.72. The summed E-state index contributed by atoms with van der Waals surface area (Å²) in [5.41, 5.74) is 0.570. The van der Waals surface area contributed by atoms with Gasteiger partial charge in [-0.3, -0.25) is 4.79 Å². The van der Waals surface area contributed by atoms with Crippen molar-refractivity contribution in [3.05, 3.63) is 0 Å². The molecular weight excluding hydrogens is 284 g/mol. The van der Waals surface area contributed by atoms with Gasteiger partial charge in [0.1, 0.15) is 5.78 Å². The van der Waals surface area contributed by atoms with Crippen LogP contribution in [0.3, 0.4) is 0 Å². The zero-order chi connectivity index (χ0) is 16.4. The maximum Gasteiger partial charge on any atom is 0.133 e. The molecule has 4 rings (SSSR count). The van der Waals surface area contributed by atoms with Crippen LogP contribution in [0.1, 0.15) is 78.6 Å². The second-order valence-corrected chi connectivity index (χ2v) is 9.82. The van der Waals surface area contributed by atoms with Gasteiger partial charge in [-0.2, -0.15) is 0 Å². The molecule has 0 radical (unpaired) electrons. The van der Waals surface area contributed by atoms with Crippen LogP contribution >= 0.6 is 0 Å². The summed E-state index contributed by atoms with van der Waals surface area (Å²) in [6.45, 7) is 6.70. The van der Waals surface area contributed by atoms with Crippen molar-refractivity contribution in [2.75, 3.05) is 0 Å². The quantitative estimate of drug-likeness (QED) is 0.767. The topological polar surface area (TPSA) is 37.3 Å². The first kappa shape index (κ1) is 16.1. The molecule has 0 aromatic heterocycles. The molecule has 4 fully saturated rings. The molecule has 8 atom stereocenters. The molecule has 0 heterocycles. The number of hydrogen-bond acceptors (Lipinski definition) is 2. The standard InChI is InChI=1S/C21H34O2/c1-13(22)15-7-8-16-14-12-19(23)18-6-4-5-10-20(18,2)17(14)9-11-21(15,16)3/h14-19,23H,4-12H2,1-3H3/t14-,15+,16-,17-,18-,19-,20-,21-/m1/s1. The van der Waals surface area contributed by atoms with Gasteiger partial charge in [0.05, 0.1) is 6.10 Å². The first-order valence-corrected chi connectivity index (χ1v) is 10.1. The molecule has 0 unspecified atom stereocenters. The van der Waals surface area contributed by atoms with Crippen molar-refractivity contribution in [3.63, 3.8) is 0 Å². The van der Waals surface area contributed by atoms with Gasteiger partial charge in [0.25, 0.3) is 0 Å². The summed E-state index contributed by atoms with van der Waals surface area (Å²) < 4.78 is 0. The average Bonchev–Trinajstić information content (AvgIpc) is 2.85. The summed E-state index contributed by atoms with van der Waals surface area (Å²) in [4.78, 5) is 12.2. The van der Waals surface area contributed by atoms with Crippen molar-refractivity contribution >= 4 is 5.78 Å². The lowest BCUT2D eigenvalue weighted by atomic mass is 9.44.